The highest BCUT2D eigenvalue weighted by molar-refractivity contribution is 5.82. The average Bonchev–Trinajstić information content (AvgIpc) is 2.79. The van der Waals surface area contributed by atoms with Crippen LogP contribution in [0.3, 0.4) is 0 Å². The fraction of sp³-hybridized carbons (Fsp3) is 0.600. The average molecular weight is 469 g/mol. The van der Waals surface area contributed by atoms with Crippen LogP contribution in [0, 0.1) is 23.7 Å². The number of hydrogen-bond donors (Lipinski definition) is 0. The molecule has 0 radical (unpaired) electrons. The third kappa shape index (κ3) is 5.10. The van der Waals surface area contributed by atoms with Crippen LogP contribution in [-0.2, 0) is 29.4 Å². The lowest BCUT2D eigenvalue weighted by molar-refractivity contribution is -0.278. The number of hydrogen-bond acceptors (Lipinski definition) is 5. The largest absolute Gasteiger partial charge is 0.469 e. The quantitative estimate of drug-likeness (QED) is 0.407. The topological polar surface area (TPSA) is 61.8 Å². The molecular formula is C25H31F3O5. The van der Waals surface area contributed by atoms with Gasteiger partial charge in [-0.3, -0.25) is 4.79 Å². The Morgan fingerprint density at radius 1 is 1.06 bits per heavy atom. The van der Waals surface area contributed by atoms with Crippen LogP contribution in [0.5, 0.6) is 0 Å². The molecule has 1 aromatic rings. The number of rotatable bonds is 7. The van der Waals surface area contributed by atoms with Crippen LogP contribution >= 0.6 is 0 Å². The molecule has 0 bridgehead atoms. The van der Waals surface area contributed by atoms with Gasteiger partial charge in [0.25, 0.3) is 5.60 Å². The highest BCUT2D eigenvalue weighted by atomic mass is 19.4. The van der Waals surface area contributed by atoms with Crippen LogP contribution < -0.4 is 0 Å². The number of esters is 2. The summed E-state index contributed by atoms with van der Waals surface area (Å²) in [4.78, 5) is 24.6. The molecule has 2 aliphatic rings. The molecule has 0 aliphatic heterocycles. The first-order chi connectivity index (χ1) is 15.6. The van der Waals surface area contributed by atoms with Crippen molar-refractivity contribution in [2.75, 3.05) is 14.2 Å². The van der Waals surface area contributed by atoms with E-state index in [0.29, 0.717) is 38.0 Å². The van der Waals surface area contributed by atoms with Gasteiger partial charge in [0.2, 0.25) is 0 Å². The summed E-state index contributed by atoms with van der Waals surface area (Å²) in [5.74, 6) is -0.765. The Morgan fingerprint density at radius 2 is 1.76 bits per heavy atom. The molecule has 182 valence electrons. The van der Waals surface area contributed by atoms with E-state index in [9.17, 15) is 22.8 Å². The van der Waals surface area contributed by atoms with E-state index in [-0.39, 0.29) is 29.3 Å². The smallest absolute Gasteiger partial charge is 0.432 e. The normalized spacial score (nSPS) is 29.0. The highest BCUT2D eigenvalue weighted by Crippen LogP contribution is 2.47. The van der Waals surface area contributed by atoms with Crippen molar-refractivity contribution >= 4 is 11.9 Å². The zero-order valence-electron chi connectivity index (χ0n) is 19.1. The summed E-state index contributed by atoms with van der Waals surface area (Å²) in [6.07, 6.45) is 1.19. The lowest BCUT2D eigenvalue weighted by atomic mass is 9.63. The van der Waals surface area contributed by atoms with Gasteiger partial charge in [-0.15, -0.1) is 0 Å². The van der Waals surface area contributed by atoms with Crippen LogP contribution in [0.1, 0.15) is 44.6 Å². The maximum absolute atomic E-state index is 14.1. The van der Waals surface area contributed by atoms with E-state index in [2.05, 4.69) is 19.1 Å². The molecule has 5 nitrogen and oxygen atoms in total. The van der Waals surface area contributed by atoms with Gasteiger partial charge < -0.3 is 14.2 Å². The van der Waals surface area contributed by atoms with Crippen molar-refractivity contribution in [3.05, 3.63) is 48.0 Å². The number of alkyl halides is 3. The molecular weight excluding hydrogens is 437 g/mol. The van der Waals surface area contributed by atoms with Gasteiger partial charge in [-0.25, -0.2) is 4.79 Å². The Bertz CT molecular complexity index is 853. The first-order valence-corrected chi connectivity index (χ1v) is 11.3. The number of allylic oxidation sites excluding steroid dienone is 2. The number of fused-ring (bicyclic) bond motifs is 1. The summed E-state index contributed by atoms with van der Waals surface area (Å²) in [5.41, 5.74) is -3.49. The Morgan fingerprint density at radius 3 is 2.36 bits per heavy atom. The predicted molar refractivity (Wildman–Crippen MR) is 115 cm³/mol. The van der Waals surface area contributed by atoms with Crippen LogP contribution in [0.2, 0.25) is 0 Å². The van der Waals surface area contributed by atoms with E-state index >= 15 is 0 Å². The highest BCUT2D eigenvalue weighted by Gasteiger charge is 2.64. The molecule has 8 heteroatoms. The van der Waals surface area contributed by atoms with Gasteiger partial charge in [0.1, 0.15) is 6.10 Å². The van der Waals surface area contributed by atoms with Crippen LogP contribution in [0.15, 0.2) is 42.5 Å². The van der Waals surface area contributed by atoms with E-state index in [4.69, 9.17) is 14.2 Å². The third-order valence-electron chi connectivity index (χ3n) is 7.15. The number of halogens is 3. The molecule has 1 fully saturated rings. The summed E-state index contributed by atoms with van der Waals surface area (Å²) in [7, 11) is 2.24. The Labute approximate surface area is 192 Å². The van der Waals surface area contributed by atoms with Crippen molar-refractivity contribution in [3.8, 4) is 0 Å². The van der Waals surface area contributed by atoms with Crippen molar-refractivity contribution in [3.63, 3.8) is 0 Å². The van der Waals surface area contributed by atoms with Gasteiger partial charge >= 0.3 is 18.1 Å². The van der Waals surface area contributed by atoms with Crippen molar-refractivity contribution in [2.45, 2.75) is 56.9 Å². The van der Waals surface area contributed by atoms with Gasteiger partial charge in [0.15, 0.2) is 0 Å². The molecule has 1 saturated carbocycles. The molecule has 1 aromatic carbocycles. The van der Waals surface area contributed by atoms with Crippen molar-refractivity contribution < 1.29 is 37.0 Å². The molecule has 0 spiro atoms. The molecule has 6 atom stereocenters. The van der Waals surface area contributed by atoms with E-state index in [1.807, 2.05) is 0 Å². The SMILES string of the molecule is COC(=O)CC[C@@H]1[C@H]2CC[C@H](OC(=O)[C@](OC)(c3ccccc3)C(F)(F)F)C[C@@H]2C=C[C@@H]1C. The van der Waals surface area contributed by atoms with Crippen molar-refractivity contribution in [1.29, 1.82) is 0 Å². The molecule has 2 aliphatic carbocycles. The molecule has 3 rings (SSSR count). The number of carbonyl (C=O) groups is 2. The van der Waals surface area contributed by atoms with E-state index in [1.54, 1.807) is 6.07 Å². The van der Waals surface area contributed by atoms with Crippen LogP contribution in [-0.4, -0.2) is 38.4 Å². The molecule has 0 aromatic heterocycles. The second-order valence-corrected chi connectivity index (χ2v) is 8.94. The summed E-state index contributed by atoms with van der Waals surface area (Å²) >= 11 is 0. The maximum atomic E-state index is 14.1. The van der Waals surface area contributed by atoms with Gasteiger partial charge in [0.05, 0.1) is 7.11 Å². The maximum Gasteiger partial charge on any atom is 0.432 e. The third-order valence-corrected chi connectivity index (χ3v) is 7.15. The van der Waals surface area contributed by atoms with Crippen molar-refractivity contribution in [1.82, 2.24) is 0 Å². The molecule has 33 heavy (non-hydrogen) atoms. The fourth-order valence-electron chi connectivity index (χ4n) is 5.38. The zero-order valence-corrected chi connectivity index (χ0v) is 19.1. The van der Waals surface area contributed by atoms with E-state index < -0.39 is 23.9 Å². The number of methoxy groups -OCH3 is 2. The lowest BCUT2D eigenvalue weighted by Gasteiger charge is -2.44. The van der Waals surface area contributed by atoms with Gasteiger partial charge in [-0.1, -0.05) is 49.4 Å². The van der Waals surface area contributed by atoms with Crippen molar-refractivity contribution in [2.24, 2.45) is 23.7 Å². The molecule has 0 saturated heterocycles. The second kappa shape index (κ2) is 10.3. The van der Waals surface area contributed by atoms with Crippen LogP contribution in [0.25, 0.3) is 0 Å². The fourth-order valence-corrected chi connectivity index (χ4v) is 5.38. The number of benzene rings is 1. The second-order valence-electron chi connectivity index (χ2n) is 8.94. The summed E-state index contributed by atoms with van der Waals surface area (Å²) in [6.45, 7) is 2.11. The predicted octanol–water partition coefficient (Wildman–Crippen LogP) is 5.19. The summed E-state index contributed by atoms with van der Waals surface area (Å²) in [6, 6.07) is 6.85. The summed E-state index contributed by atoms with van der Waals surface area (Å²) < 4.78 is 57.5. The van der Waals surface area contributed by atoms with E-state index in [1.165, 1.54) is 31.4 Å². The van der Waals surface area contributed by atoms with Crippen LogP contribution in [0.4, 0.5) is 13.2 Å². The minimum atomic E-state index is -4.99. The lowest BCUT2D eigenvalue weighted by Crippen LogP contribution is -2.53. The molecule has 0 unspecified atom stereocenters. The Balaban J connectivity index is 1.74. The van der Waals surface area contributed by atoms with Gasteiger partial charge in [0, 0.05) is 19.1 Å². The zero-order chi connectivity index (χ0) is 24.2. The minimum Gasteiger partial charge on any atom is -0.469 e. The summed E-state index contributed by atoms with van der Waals surface area (Å²) in [5, 5.41) is 0. The molecule has 0 heterocycles. The number of ether oxygens (including phenoxy) is 3. The van der Waals surface area contributed by atoms with Gasteiger partial charge in [-0.05, 0) is 49.4 Å². The monoisotopic (exact) mass is 468 g/mol. The standard InChI is InChI=1S/C25H31F3O5/c1-16-9-10-17-15-19(11-12-21(17)20(16)13-14-22(29)31-2)33-23(30)24(32-3,25(26,27)28)18-7-5-4-6-8-18/h4-10,16-17,19-21H,11-15H2,1-3H3/t16-,17-,19-,20-,21-,24+/m0/s1. The van der Waals surface area contributed by atoms with E-state index in [0.717, 1.165) is 7.11 Å². The Kier molecular flexibility index (Phi) is 7.88. The molecule has 0 N–H and O–H groups in total. The van der Waals surface area contributed by atoms with Gasteiger partial charge in [-0.2, -0.15) is 13.2 Å². The molecule has 0 amide bonds. The first kappa shape index (κ1) is 25.3. The Hall–Kier alpha value is -2.35. The minimum absolute atomic E-state index is 0.0787. The first-order valence-electron chi connectivity index (χ1n) is 11.3. The number of carbonyl (C=O) groups excluding carboxylic acids is 2.